The molecule has 1 heterocycles. The molecule has 3 aromatic carbocycles. The maximum absolute atomic E-state index is 12.7. The Morgan fingerprint density at radius 3 is 2.61 bits per heavy atom. The molecule has 0 atom stereocenters. The fourth-order valence-electron chi connectivity index (χ4n) is 3.32. The second-order valence-corrected chi connectivity index (χ2v) is 8.22. The van der Waals surface area contributed by atoms with Crippen LogP contribution in [0.1, 0.15) is 27.4 Å². The summed E-state index contributed by atoms with van der Waals surface area (Å²) in [5, 5.41) is 9.26. The topological polar surface area (TPSA) is 64.4 Å². The van der Waals surface area contributed by atoms with Crippen LogP contribution in [0.2, 0.25) is 0 Å². The van der Waals surface area contributed by atoms with E-state index in [1.807, 2.05) is 68.4 Å². The summed E-state index contributed by atoms with van der Waals surface area (Å²) in [4.78, 5) is 13.7. The molecule has 0 saturated carbocycles. The van der Waals surface area contributed by atoms with Gasteiger partial charge in [-0.25, -0.2) is 0 Å². The van der Waals surface area contributed by atoms with E-state index in [0.717, 1.165) is 33.0 Å². The van der Waals surface area contributed by atoms with Gasteiger partial charge in [-0.2, -0.15) is 0 Å². The van der Waals surface area contributed by atoms with Gasteiger partial charge < -0.3 is 14.6 Å². The molecule has 4 rings (SSSR count). The van der Waals surface area contributed by atoms with E-state index in [4.69, 9.17) is 9.26 Å². The zero-order valence-electron chi connectivity index (χ0n) is 17.6. The Balaban J connectivity index is 1.32. The summed E-state index contributed by atoms with van der Waals surface area (Å²) in [6, 6.07) is 21.8. The second-order valence-electron chi connectivity index (χ2n) is 7.20. The molecule has 0 aliphatic rings. The van der Waals surface area contributed by atoms with Gasteiger partial charge >= 0.3 is 0 Å². The summed E-state index contributed by atoms with van der Waals surface area (Å²) in [5.74, 6) is 2.21. The molecule has 6 heteroatoms. The number of ether oxygens (including phenoxy) is 1. The summed E-state index contributed by atoms with van der Waals surface area (Å²) in [6.07, 6.45) is 0. The van der Waals surface area contributed by atoms with Crippen molar-refractivity contribution in [1.29, 1.82) is 0 Å². The molecule has 0 saturated heterocycles. The van der Waals surface area contributed by atoms with Crippen LogP contribution < -0.4 is 10.1 Å². The van der Waals surface area contributed by atoms with Crippen molar-refractivity contribution in [2.75, 3.05) is 13.2 Å². The van der Waals surface area contributed by atoms with Crippen LogP contribution in [0.25, 0.3) is 10.8 Å². The van der Waals surface area contributed by atoms with Gasteiger partial charge in [-0.15, -0.1) is 11.8 Å². The number of amides is 1. The van der Waals surface area contributed by atoms with Crippen LogP contribution in [0.15, 0.2) is 76.1 Å². The number of aromatic nitrogens is 1. The van der Waals surface area contributed by atoms with E-state index in [9.17, 15) is 4.79 Å². The highest BCUT2D eigenvalue weighted by atomic mass is 32.2. The minimum atomic E-state index is -0.107. The zero-order valence-corrected chi connectivity index (χ0v) is 18.4. The molecule has 0 unspecified atom stereocenters. The quantitative estimate of drug-likeness (QED) is 0.292. The molecule has 1 amide bonds. The van der Waals surface area contributed by atoms with Gasteiger partial charge in [0.15, 0.2) is 0 Å². The summed E-state index contributed by atoms with van der Waals surface area (Å²) in [7, 11) is 0. The Morgan fingerprint density at radius 1 is 1.03 bits per heavy atom. The zero-order chi connectivity index (χ0) is 21.6. The molecule has 1 aromatic heterocycles. The van der Waals surface area contributed by atoms with E-state index in [2.05, 4.69) is 22.6 Å². The molecule has 0 radical (unpaired) electrons. The smallest absolute Gasteiger partial charge is 0.252 e. The molecule has 5 nitrogen and oxygen atoms in total. The van der Waals surface area contributed by atoms with E-state index in [-0.39, 0.29) is 5.91 Å². The van der Waals surface area contributed by atoms with Crippen molar-refractivity contribution in [3.8, 4) is 5.75 Å². The molecule has 0 aliphatic heterocycles. The lowest BCUT2D eigenvalue weighted by Crippen LogP contribution is -2.28. The first-order chi connectivity index (χ1) is 15.1. The second kappa shape index (κ2) is 9.71. The number of hydrogen-bond acceptors (Lipinski definition) is 5. The third-order valence-electron chi connectivity index (χ3n) is 5.06. The highest BCUT2D eigenvalue weighted by Crippen LogP contribution is 2.28. The number of rotatable bonds is 8. The van der Waals surface area contributed by atoms with Gasteiger partial charge in [-0.1, -0.05) is 47.6 Å². The predicted molar refractivity (Wildman–Crippen MR) is 124 cm³/mol. The third kappa shape index (κ3) is 5.09. The van der Waals surface area contributed by atoms with Crippen LogP contribution in [0.3, 0.4) is 0 Å². The molecule has 31 heavy (non-hydrogen) atoms. The van der Waals surface area contributed by atoms with Crippen molar-refractivity contribution in [2.24, 2.45) is 0 Å². The molecular weight excluding hydrogens is 408 g/mol. The molecule has 1 N–H and O–H groups in total. The largest absolute Gasteiger partial charge is 0.492 e. The summed E-state index contributed by atoms with van der Waals surface area (Å²) < 4.78 is 11.0. The Bertz CT molecular complexity index is 1180. The van der Waals surface area contributed by atoms with Crippen molar-refractivity contribution in [3.63, 3.8) is 0 Å². The molecule has 158 valence electrons. The van der Waals surface area contributed by atoms with Crippen molar-refractivity contribution in [2.45, 2.75) is 24.5 Å². The van der Waals surface area contributed by atoms with Gasteiger partial charge in [-0.3, -0.25) is 4.79 Å². The number of benzene rings is 3. The monoisotopic (exact) mass is 432 g/mol. The summed E-state index contributed by atoms with van der Waals surface area (Å²) >= 11 is 1.61. The Morgan fingerprint density at radius 2 is 1.81 bits per heavy atom. The Hall–Kier alpha value is -3.25. The van der Waals surface area contributed by atoms with Crippen molar-refractivity contribution < 1.29 is 14.1 Å². The first kappa shape index (κ1) is 21.0. The van der Waals surface area contributed by atoms with E-state index in [1.54, 1.807) is 11.8 Å². The van der Waals surface area contributed by atoms with Crippen molar-refractivity contribution in [1.82, 2.24) is 10.5 Å². The van der Waals surface area contributed by atoms with Gasteiger partial charge in [-0.05, 0) is 48.9 Å². The Kier molecular flexibility index (Phi) is 6.57. The Labute approximate surface area is 185 Å². The molecule has 0 aliphatic carbocycles. The normalized spacial score (nSPS) is 10.9. The van der Waals surface area contributed by atoms with Crippen LogP contribution in [0.4, 0.5) is 0 Å². The lowest BCUT2D eigenvalue weighted by atomic mass is 10.1. The number of nitrogens with zero attached hydrogens (tertiary/aromatic N) is 1. The first-order valence-electron chi connectivity index (χ1n) is 10.1. The maximum atomic E-state index is 12.7. The molecule has 4 aromatic rings. The average molecular weight is 433 g/mol. The number of thioether (sulfide) groups is 1. The van der Waals surface area contributed by atoms with Crippen molar-refractivity contribution >= 4 is 28.4 Å². The molecule has 0 fully saturated rings. The van der Waals surface area contributed by atoms with Crippen LogP contribution in [0.5, 0.6) is 5.75 Å². The van der Waals surface area contributed by atoms with E-state index in [1.165, 1.54) is 5.39 Å². The maximum Gasteiger partial charge on any atom is 0.252 e. The number of carbonyl (C=O) groups is 1. The van der Waals surface area contributed by atoms with E-state index >= 15 is 0 Å². The molecule has 0 bridgehead atoms. The number of hydrogen-bond donors (Lipinski definition) is 1. The number of fused-ring (bicyclic) bond motifs is 1. The van der Waals surface area contributed by atoms with Gasteiger partial charge in [0, 0.05) is 16.2 Å². The van der Waals surface area contributed by atoms with Gasteiger partial charge in [0.25, 0.3) is 5.91 Å². The van der Waals surface area contributed by atoms with Crippen LogP contribution in [0, 0.1) is 13.8 Å². The van der Waals surface area contributed by atoms with Crippen LogP contribution in [-0.4, -0.2) is 24.2 Å². The lowest BCUT2D eigenvalue weighted by molar-refractivity contribution is 0.0944. The highest BCUT2D eigenvalue weighted by molar-refractivity contribution is 7.98. The fraction of sp³-hybridized carbons (Fsp3) is 0.200. The van der Waals surface area contributed by atoms with Gasteiger partial charge in [0.05, 0.1) is 17.8 Å². The number of aryl methyl sites for hydroxylation is 2. The summed E-state index contributed by atoms with van der Waals surface area (Å²) in [6.45, 7) is 4.66. The SMILES string of the molecule is Cc1noc(C)c1CSc1ccccc1C(=O)NCCOc1ccc2ccccc2c1. The fourth-order valence-corrected chi connectivity index (χ4v) is 4.53. The van der Waals surface area contributed by atoms with E-state index < -0.39 is 0 Å². The summed E-state index contributed by atoms with van der Waals surface area (Å²) in [5.41, 5.74) is 2.62. The van der Waals surface area contributed by atoms with Crippen LogP contribution in [-0.2, 0) is 5.75 Å². The molecule has 0 spiro atoms. The molecular formula is C25H24N2O3S. The number of nitrogens with one attached hydrogen (secondary N) is 1. The minimum Gasteiger partial charge on any atom is -0.492 e. The van der Waals surface area contributed by atoms with Gasteiger partial charge in [0.2, 0.25) is 0 Å². The first-order valence-corrected chi connectivity index (χ1v) is 11.1. The predicted octanol–water partition coefficient (Wildman–Crippen LogP) is 5.55. The van der Waals surface area contributed by atoms with Crippen LogP contribution >= 0.6 is 11.8 Å². The third-order valence-corrected chi connectivity index (χ3v) is 6.16. The van der Waals surface area contributed by atoms with Crippen molar-refractivity contribution in [3.05, 3.63) is 89.3 Å². The highest BCUT2D eigenvalue weighted by Gasteiger charge is 2.14. The average Bonchev–Trinajstić information content (AvgIpc) is 3.12. The van der Waals surface area contributed by atoms with E-state index in [0.29, 0.717) is 24.5 Å². The lowest BCUT2D eigenvalue weighted by Gasteiger charge is -2.11. The van der Waals surface area contributed by atoms with Gasteiger partial charge in [0.1, 0.15) is 18.1 Å². The minimum absolute atomic E-state index is 0.107. The standard InChI is InChI=1S/C25H24N2O3S/c1-17-23(18(2)30-27-17)16-31-24-10-6-5-9-22(24)25(28)26-13-14-29-21-12-11-19-7-3-4-8-20(19)15-21/h3-12,15H,13-14,16H2,1-2H3,(H,26,28). The number of carbonyl (C=O) groups excluding carboxylic acids is 1.